The Morgan fingerprint density at radius 3 is 2.74 bits per heavy atom. The maximum atomic E-state index is 11.7. The fourth-order valence-electron chi connectivity index (χ4n) is 5.07. The monoisotopic (exact) mass is 464 g/mol. The normalized spacial score (nSPS) is 17.5. The summed E-state index contributed by atoms with van der Waals surface area (Å²) in [5, 5.41) is 19.0. The number of hydrogen-bond acceptors (Lipinski definition) is 6. The fourth-order valence-corrected chi connectivity index (χ4v) is 5.07. The molecule has 1 aliphatic carbocycles. The molecule has 35 heavy (non-hydrogen) atoms. The summed E-state index contributed by atoms with van der Waals surface area (Å²) < 4.78 is 17.0. The van der Waals surface area contributed by atoms with E-state index in [1.165, 1.54) is 7.11 Å². The minimum Gasteiger partial charge on any atom is -0.492 e. The van der Waals surface area contributed by atoms with Crippen molar-refractivity contribution in [2.24, 2.45) is 0 Å². The van der Waals surface area contributed by atoms with Crippen molar-refractivity contribution in [1.82, 2.24) is 0 Å². The van der Waals surface area contributed by atoms with E-state index in [4.69, 9.17) is 14.2 Å². The zero-order valence-corrected chi connectivity index (χ0v) is 19.4. The van der Waals surface area contributed by atoms with Gasteiger partial charge in [-0.15, -0.1) is 0 Å². The van der Waals surface area contributed by atoms with Crippen LogP contribution in [0.4, 0.5) is 0 Å². The number of esters is 1. The smallest absolute Gasteiger partial charge is 0.306 e. The standard InChI is InChI=1S/C29H24N2O4/c1-33-29(32)13-21-17-34-28-14-22(6-8-23(21)28)35-27-10-9-24-25(27)7-5-20(16-31)26(24)12-18-3-2-4-19(11-18)15-30/h2-8,11,14,21,27H,9-10,12-13,17H2,1H3/t21-,27-/m1/s1. The van der Waals surface area contributed by atoms with Gasteiger partial charge in [0.2, 0.25) is 0 Å². The molecule has 0 radical (unpaired) electrons. The predicted molar refractivity (Wildman–Crippen MR) is 128 cm³/mol. The summed E-state index contributed by atoms with van der Waals surface area (Å²) in [7, 11) is 1.39. The van der Waals surface area contributed by atoms with Crippen molar-refractivity contribution in [3.63, 3.8) is 0 Å². The van der Waals surface area contributed by atoms with Crippen molar-refractivity contribution < 1.29 is 19.0 Å². The van der Waals surface area contributed by atoms with E-state index in [2.05, 4.69) is 12.1 Å². The average molecular weight is 465 g/mol. The van der Waals surface area contributed by atoms with Gasteiger partial charge in [-0.25, -0.2) is 0 Å². The number of carbonyl (C=O) groups excluding carboxylic acids is 1. The molecule has 2 aliphatic rings. The molecule has 0 unspecified atom stereocenters. The summed E-state index contributed by atoms with van der Waals surface area (Å²) in [5.74, 6) is 1.20. The summed E-state index contributed by atoms with van der Waals surface area (Å²) in [6, 6.07) is 21.7. The van der Waals surface area contributed by atoms with Crippen LogP contribution < -0.4 is 9.47 Å². The van der Waals surface area contributed by atoms with Crippen molar-refractivity contribution in [3.05, 3.63) is 93.5 Å². The molecule has 0 bridgehead atoms. The van der Waals surface area contributed by atoms with Gasteiger partial charge in [0.15, 0.2) is 0 Å². The second-order valence-corrected chi connectivity index (χ2v) is 8.89. The topological polar surface area (TPSA) is 92.3 Å². The minimum absolute atomic E-state index is 0.00907. The van der Waals surface area contributed by atoms with Crippen LogP contribution in [-0.4, -0.2) is 19.7 Å². The third-order valence-electron chi connectivity index (χ3n) is 6.81. The molecule has 6 nitrogen and oxygen atoms in total. The summed E-state index contributed by atoms with van der Waals surface area (Å²) in [6.07, 6.45) is 2.42. The van der Waals surface area contributed by atoms with Crippen LogP contribution in [0.15, 0.2) is 54.6 Å². The van der Waals surface area contributed by atoms with Crippen LogP contribution in [0, 0.1) is 22.7 Å². The zero-order chi connectivity index (χ0) is 24.4. The van der Waals surface area contributed by atoms with Crippen molar-refractivity contribution in [1.29, 1.82) is 10.5 Å². The number of nitriles is 2. The van der Waals surface area contributed by atoms with Gasteiger partial charge >= 0.3 is 5.97 Å². The van der Waals surface area contributed by atoms with Crippen LogP contribution in [0.1, 0.15) is 63.8 Å². The Balaban J connectivity index is 1.38. The number of benzene rings is 3. The molecule has 0 N–H and O–H groups in total. The number of fused-ring (bicyclic) bond motifs is 2. The summed E-state index contributed by atoms with van der Waals surface area (Å²) in [5.41, 5.74) is 6.55. The van der Waals surface area contributed by atoms with Crippen LogP contribution in [-0.2, 0) is 22.4 Å². The molecule has 0 saturated carbocycles. The molecule has 174 valence electrons. The lowest BCUT2D eigenvalue weighted by Crippen LogP contribution is -2.09. The highest BCUT2D eigenvalue weighted by Crippen LogP contribution is 2.42. The lowest BCUT2D eigenvalue weighted by atomic mass is 9.92. The highest BCUT2D eigenvalue weighted by Gasteiger charge is 2.30. The highest BCUT2D eigenvalue weighted by molar-refractivity contribution is 5.71. The van der Waals surface area contributed by atoms with Gasteiger partial charge in [-0.3, -0.25) is 4.79 Å². The Kier molecular flexibility index (Phi) is 6.12. The first-order valence-electron chi connectivity index (χ1n) is 11.6. The summed E-state index contributed by atoms with van der Waals surface area (Å²) >= 11 is 0. The quantitative estimate of drug-likeness (QED) is 0.470. The Hall–Kier alpha value is -4.29. The molecular formula is C29H24N2O4. The van der Waals surface area contributed by atoms with Gasteiger partial charge in [0, 0.05) is 17.5 Å². The molecule has 0 aromatic heterocycles. The SMILES string of the molecule is COC(=O)C[C@@H]1COc2cc(O[C@@H]3CCc4c3ccc(C#N)c4Cc3cccc(C#N)c3)ccc21. The summed E-state index contributed by atoms with van der Waals surface area (Å²) in [6.45, 7) is 0.452. The molecule has 0 amide bonds. The Bertz CT molecular complexity index is 1380. The van der Waals surface area contributed by atoms with Gasteiger partial charge in [0.1, 0.15) is 17.6 Å². The second kappa shape index (κ2) is 9.52. The van der Waals surface area contributed by atoms with E-state index in [0.29, 0.717) is 36.3 Å². The lowest BCUT2D eigenvalue weighted by molar-refractivity contribution is -0.141. The van der Waals surface area contributed by atoms with Gasteiger partial charge in [-0.05, 0) is 65.8 Å². The van der Waals surface area contributed by atoms with E-state index in [1.54, 1.807) is 6.07 Å². The molecule has 0 saturated heterocycles. The first-order valence-corrected chi connectivity index (χ1v) is 11.6. The molecule has 3 aromatic carbocycles. The number of nitrogens with zero attached hydrogens (tertiary/aromatic N) is 2. The van der Waals surface area contributed by atoms with Gasteiger partial charge in [0.25, 0.3) is 0 Å². The zero-order valence-electron chi connectivity index (χ0n) is 19.4. The molecule has 5 rings (SSSR count). The van der Waals surface area contributed by atoms with E-state index >= 15 is 0 Å². The van der Waals surface area contributed by atoms with Crippen molar-refractivity contribution in [2.45, 2.75) is 37.7 Å². The molecule has 0 fully saturated rings. The number of carbonyl (C=O) groups is 1. The average Bonchev–Trinajstić information content (AvgIpc) is 3.48. The van der Waals surface area contributed by atoms with Crippen molar-refractivity contribution >= 4 is 5.97 Å². The molecule has 2 atom stereocenters. The maximum Gasteiger partial charge on any atom is 0.306 e. The van der Waals surface area contributed by atoms with Gasteiger partial charge in [-0.1, -0.05) is 24.3 Å². The van der Waals surface area contributed by atoms with Crippen LogP contribution >= 0.6 is 0 Å². The van der Waals surface area contributed by atoms with Crippen molar-refractivity contribution in [3.8, 4) is 23.6 Å². The first-order chi connectivity index (χ1) is 17.1. The van der Waals surface area contributed by atoms with Gasteiger partial charge < -0.3 is 14.2 Å². The molecule has 1 aliphatic heterocycles. The van der Waals surface area contributed by atoms with Gasteiger partial charge in [0.05, 0.1) is 43.4 Å². The third kappa shape index (κ3) is 4.44. The van der Waals surface area contributed by atoms with E-state index < -0.39 is 0 Å². The van der Waals surface area contributed by atoms with E-state index in [1.807, 2.05) is 48.5 Å². The first kappa shape index (κ1) is 22.5. The molecular weight excluding hydrogens is 440 g/mol. The fraction of sp³-hybridized carbons (Fsp3) is 0.276. The molecule has 0 spiro atoms. The van der Waals surface area contributed by atoms with Crippen molar-refractivity contribution in [2.75, 3.05) is 13.7 Å². The van der Waals surface area contributed by atoms with Crippen LogP contribution in [0.5, 0.6) is 11.5 Å². The third-order valence-corrected chi connectivity index (χ3v) is 6.81. The molecule has 3 aromatic rings. The number of ether oxygens (including phenoxy) is 3. The minimum atomic E-state index is -0.249. The number of rotatable bonds is 6. The highest BCUT2D eigenvalue weighted by atomic mass is 16.5. The van der Waals surface area contributed by atoms with E-state index in [0.717, 1.165) is 46.4 Å². The number of methoxy groups -OCH3 is 1. The van der Waals surface area contributed by atoms with Crippen LogP contribution in [0.25, 0.3) is 0 Å². The maximum absolute atomic E-state index is 11.7. The van der Waals surface area contributed by atoms with Crippen LogP contribution in [0.2, 0.25) is 0 Å². The Labute approximate surface area is 204 Å². The largest absolute Gasteiger partial charge is 0.492 e. The van der Waals surface area contributed by atoms with E-state index in [-0.39, 0.29) is 18.0 Å². The van der Waals surface area contributed by atoms with Crippen LogP contribution in [0.3, 0.4) is 0 Å². The second-order valence-electron chi connectivity index (χ2n) is 8.89. The Morgan fingerprint density at radius 2 is 1.94 bits per heavy atom. The van der Waals surface area contributed by atoms with Gasteiger partial charge in [-0.2, -0.15) is 10.5 Å². The molecule has 1 heterocycles. The summed E-state index contributed by atoms with van der Waals surface area (Å²) in [4.78, 5) is 11.7. The molecule has 6 heteroatoms. The lowest BCUT2D eigenvalue weighted by Gasteiger charge is -2.17. The predicted octanol–water partition coefficient (Wildman–Crippen LogP) is 5.13. The van der Waals surface area contributed by atoms with E-state index in [9.17, 15) is 15.3 Å². The Morgan fingerprint density at radius 1 is 1.09 bits per heavy atom. The number of hydrogen-bond donors (Lipinski definition) is 0.